The Kier molecular flexibility index (Phi) is 3.92. The fourth-order valence-electron chi connectivity index (χ4n) is 2.81. The second kappa shape index (κ2) is 6.40. The van der Waals surface area contributed by atoms with Crippen LogP contribution in [0.15, 0.2) is 48.9 Å². The maximum atomic E-state index is 12.9. The van der Waals surface area contributed by atoms with E-state index in [4.69, 9.17) is 0 Å². The summed E-state index contributed by atoms with van der Waals surface area (Å²) in [4.78, 5) is 21.5. The molecular weight excluding hydrogens is 330 g/mol. The van der Waals surface area contributed by atoms with Gasteiger partial charge in [0.1, 0.15) is 12.0 Å². The van der Waals surface area contributed by atoms with E-state index in [1.807, 2.05) is 48.9 Å². The van der Waals surface area contributed by atoms with Crippen molar-refractivity contribution in [3.05, 3.63) is 60.3 Å². The molecular formula is C18H17N7O. The monoisotopic (exact) mass is 347 g/mol. The molecule has 0 unspecified atom stereocenters. The summed E-state index contributed by atoms with van der Waals surface area (Å²) in [6, 6.07) is 11.4. The lowest BCUT2D eigenvalue weighted by Gasteiger charge is -2.08. The van der Waals surface area contributed by atoms with Crippen LogP contribution in [0, 0.1) is 6.92 Å². The zero-order valence-electron chi connectivity index (χ0n) is 14.4. The number of benzene rings is 1. The zero-order valence-corrected chi connectivity index (χ0v) is 14.4. The molecule has 1 N–H and O–H groups in total. The molecule has 1 amide bonds. The van der Waals surface area contributed by atoms with Gasteiger partial charge in [-0.2, -0.15) is 19.7 Å². The zero-order chi connectivity index (χ0) is 18.1. The molecule has 130 valence electrons. The highest BCUT2D eigenvalue weighted by molar-refractivity contribution is 6.04. The van der Waals surface area contributed by atoms with Crippen molar-refractivity contribution in [1.82, 2.24) is 29.4 Å². The number of carbonyl (C=O) groups excluding carboxylic acids is 1. The Morgan fingerprint density at radius 2 is 2.00 bits per heavy atom. The Morgan fingerprint density at radius 1 is 1.19 bits per heavy atom. The van der Waals surface area contributed by atoms with Crippen LogP contribution in [0.3, 0.4) is 0 Å². The van der Waals surface area contributed by atoms with Gasteiger partial charge >= 0.3 is 0 Å². The molecule has 0 aliphatic rings. The highest BCUT2D eigenvalue weighted by Crippen LogP contribution is 2.20. The van der Waals surface area contributed by atoms with Crippen LogP contribution < -0.4 is 5.32 Å². The van der Waals surface area contributed by atoms with Crippen LogP contribution in [0.4, 0.5) is 5.69 Å². The normalized spacial score (nSPS) is 11.0. The summed E-state index contributed by atoms with van der Waals surface area (Å²) >= 11 is 0. The molecule has 0 saturated heterocycles. The number of carbonyl (C=O) groups is 1. The lowest BCUT2D eigenvalue weighted by molar-refractivity contribution is 0.101. The molecule has 0 saturated carbocycles. The van der Waals surface area contributed by atoms with Gasteiger partial charge < -0.3 is 5.32 Å². The van der Waals surface area contributed by atoms with Crippen LogP contribution in [0.5, 0.6) is 0 Å². The number of nitrogens with one attached hydrogen (secondary N) is 1. The van der Waals surface area contributed by atoms with Gasteiger partial charge in [0.2, 0.25) is 0 Å². The number of anilines is 1. The minimum absolute atomic E-state index is 0.293. The first-order valence-corrected chi connectivity index (χ1v) is 8.27. The van der Waals surface area contributed by atoms with E-state index >= 15 is 0 Å². The van der Waals surface area contributed by atoms with E-state index in [-0.39, 0.29) is 5.91 Å². The molecule has 0 radical (unpaired) electrons. The summed E-state index contributed by atoms with van der Waals surface area (Å²) in [6.07, 6.45) is 3.03. The molecule has 26 heavy (non-hydrogen) atoms. The van der Waals surface area contributed by atoms with Crippen molar-refractivity contribution >= 4 is 17.4 Å². The van der Waals surface area contributed by atoms with Crippen LogP contribution in [0.2, 0.25) is 0 Å². The average molecular weight is 347 g/mol. The van der Waals surface area contributed by atoms with Gasteiger partial charge in [0.15, 0.2) is 0 Å². The first-order chi connectivity index (χ1) is 12.7. The Morgan fingerprint density at radius 3 is 2.73 bits per heavy atom. The van der Waals surface area contributed by atoms with Gasteiger partial charge in [-0.25, -0.2) is 4.98 Å². The number of nitrogens with zero attached hydrogens (tertiary/aromatic N) is 6. The summed E-state index contributed by atoms with van der Waals surface area (Å²) < 4.78 is 3.25. The van der Waals surface area contributed by atoms with E-state index in [1.54, 1.807) is 12.3 Å². The van der Waals surface area contributed by atoms with Crippen molar-refractivity contribution in [3.8, 4) is 11.3 Å². The predicted molar refractivity (Wildman–Crippen MR) is 96.8 cm³/mol. The Hall–Kier alpha value is -3.55. The van der Waals surface area contributed by atoms with Crippen LogP contribution >= 0.6 is 0 Å². The van der Waals surface area contributed by atoms with Gasteiger partial charge in [-0.15, -0.1) is 0 Å². The van der Waals surface area contributed by atoms with E-state index in [0.29, 0.717) is 22.9 Å². The van der Waals surface area contributed by atoms with E-state index in [0.717, 1.165) is 17.8 Å². The highest BCUT2D eigenvalue weighted by Gasteiger charge is 2.17. The van der Waals surface area contributed by atoms with Gasteiger partial charge in [0.25, 0.3) is 11.7 Å². The minimum atomic E-state index is -0.293. The van der Waals surface area contributed by atoms with E-state index in [2.05, 4.69) is 25.5 Å². The van der Waals surface area contributed by atoms with E-state index in [1.165, 1.54) is 10.8 Å². The lowest BCUT2D eigenvalue weighted by Crippen LogP contribution is -2.18. The number of rotatable bonds is 4. The fourth-order valence-corrected chi connectivity index (χ4v) is 2.81. The van der Waals surface area contributed by atoms with Crippen molar-refractivity contribution in [3.63, 3.8) is 0 Å². The summed E-state index contributed by atoms with van der Waals surface area (Å²) in [5, 5.41) is 11.3. The van der Waals surface area contributed by atoms with Crippen LogP contribution in [-0.2, 0) is 6.54 Å². The largest absolute Gasteiger partial charge is 0.318 e. The van der Waals surface area contributed by atoms with Crippen molar-refractivity contribution < 1.29 is 4.79 Å². The number of aromatic nitrogens is 6. The molecule has 0 aliphatic heterocycles. The fraction of sp³-hybridized carbons (Fsp3) is 0.167. The standard InChI is InChI=1S/C18H17N7O/c1-3-24-12(2)15(10-20-24)22-17(26)16-9-14(13-7-5-4-6-8-13)23-18-19-11-21-25(16)18/h4-11H,3H2,1-2H3,(H,22,26). The molecule has 8 nitrogen and oxygen atoms in total. The molecule has 3 aromatic heterocycles. The summed E-state index contributed by atoms with van der Waals surface area (Å²) in [7, 11) is 0. The maximum absolute atomic E-state index is 12.9. The van der Waals surface area contributed by atoms with Crippen LogP contribution in [-0.4, -0.2) is 35.3 Å². The number of aryl methyl sites for hydroxylation is 1. The number of fused-ring (bicyclic) bond motifs is 1. The van der Waals surface area contributed by atoms with E-state index in [9.17, 15) is 4.79 Å². The second-order valence-electron chi connectivity index (χ2n) is 5.78. The summed E-state index contributed by atoms with van der Waals surface area (Å²) in [5.41, 5.74) is 3.49. The third-order valence-electron chi connectivity index (χ3n) is 4.20. The predicted octanol–water partition coefficient (Wildman–Crippen LogP) is 2.57. The van der Waals surface area contributed by atoms with Crippen LogP contribution in [0.1, 0.15) is 23.1 Å². The molecule has 1 aromatic carbocycles. The number of hydrogen-bond donors (Lipinski definition) is 1. The smallest absolute Gasteiger partial charge is 0.274 e. The van der Waals surface area contributed by atoms with Crippen molar-refractivity contribution in [1.29, 1.82) is 0 Å². The first-order valence-electron chi connectivity index (χ1n) is 8.27. The molecule has 0 atom stereocenters. The molecule has 0 bridgehead atoms. The lowest BCUT2D eigenvalue weighted by atomic mass is 10.1. The van der Waals surface area contributed by atoms with Gasteiger partial charge in [-0.3, -0.25) is 9.48 Å². The SMILES string of the molecule is CCn1ncc(NC(=O)c2cc(-c3ccccc3)nc3ncnn23)c1C. The first kappa shape index (κ1) is 15.9. The Balaban J connectivity index is 1.76. The maximum Gasteiger partial charge on any atom is 0.274 e. The van der Waals surface area contributed by atoms with Crippen molar-refractivity contribution in [2.75, 3.05) is 5.32 Å². The molecule has 8 heteroatoms. The number of amides is 1. The Labute approximate surface area is 149 Å². The van der Waals surface area contributed by atoms with Gasteiger partial charge in [0, 0.05) is 12.1 Å². The topological polar surface area (TPSA) is 90.0 Å². The Bertz CT molecular complexity index is 1080. The number of hydrogen-bond acceptors (Lipinski definition) is 5. The summed E-state index contributed by atoms with van der Waals surface area (Å²) in [5.74, 6) is 0.0799. The molecule has 3 heterocycles. The molecule has 0 spiro atoms. The quantitative estimate of drug-likeness (QED) is 0.613. The molecule has 4 rings (SSSR count). The van der Waals surface area contributed by atoms with Gasteiger partial charge in [0.05, 0.1) is 23.3 Å². The van der Waals surface area contributed by atoms with Crippen LogP contribution in [0.25, 0.3) is 17.0 Å². The minimum Gasteiger partial charge on any atom is -0.318 e. The highest BCUT2D eigenvalue weighted by atomic mass is 16.2. The molecule has 0 aliphatic carbocycles. The second-order valence-corrected chi connectivity index (χ2v) is 5.78. The third-order valence-corrected chi connectivity index (χ3v) is 4.20. The van der Waals surface area contributed by atoms with Gasteiger partial charge in [-0.1, -0.05) is 30.3 Å². The average Bonchev–Trinajstić information content (AvgIpc) is 3.28. The van der Waals surface area contributed by atoms with Gasteiger partial charge in [-0.05, 0) is 19.9 Å². The van der Waals surface area contributed by atoms with Crippen molar-refractivity contribution in [2.45, 2.75) is 20.4 Å². The summed E-state index contributed by atoms with van der Waals surface area (Å²) in [6.45, 7) is 4.65. The molecule has 4 aromatic rings. The third kappa shape index (κ3) is 2.71. The van der Waals surface area contributed by atoms with E-state index < -0.39 is 0 Å². The van der Waals surface area contributed by atoms with Crippen molar-refractivity contribution in [2.24, 2.45) is 0 Å². The molecule has 0 fully saturated rings.